The van der Waals surface area contributed by atoms with Crippen LogP contribution in [0.2, 0.25) is 0 Å². The van der Waals surface area contributed by atoms with Crippen molar-refractivity contribution in [2.24, 2.45) is 18.4 Å². The zero-order chi connectivity index (χ0) is 26.5. The fourth-order valence-corrected chi connectivity index (χ4v) is 6.58. The van der Waals surface area contributed by atoms with Crippen molar-refractivity contribution >= 4 is 28.9 Å². The zero-order valence-electron chi connectivity index (χ0n) is 22.3. The lowest BCUT2D eigenvalue weighted by Crippen LogP contribution is -2.49. The van der Waals surface area contributed by atoms with Crippen LogP contribution in [0.25, 0.3) is 11.0 Å². The van der Waals surface area contributed by atoms with Crippen LogP contribution in [0.5, 0.6) is 0 Å². The van der Waals surface area contributed by atoms with Gasteiger partial charge in [0, 0.05) is 26.6 Å². The van der Waals surface area contributed by atoms with E-state index >= 15 is 0 Å². The summed E-state index contributed by atoms with van der Waals surface area (Å²) in [5.41, 5.74) is 2.39. The van der Waals surface area contributed by atoms with Gasteiger partial charge in [-0.1, -0.05) is 12.1 Å². The van der Waals surface area contributed by atoms with E-state index in [9.17, 15) is 19.2 Å². The molecule has 1 aliphatic carbocycles. The number of fused-ring (bicyclic) bond motifs is 1. The van der Waals surface area contributed by atoms with Crippen molar-refractivity contribution in [1.29, 1.82) is 0 Å². The number of hydrogen-bond donors (Lipinski definition) is 1. The number of benzene rings is 1. The van der Waals surface area contributed by atoms with Gasteiger partial charge in [-0.3, -0.25) is 24.0 Å². The highest BCUT2D eigenvalue weighted by atomic mass is 16.6. The van der Waals surface area contributed by atoms with Gasteiger partial charge in [0.2, 0.25) is 11.8 Å². The molecule has 0 radical (unpaired) electrons. The Hall–Kier alpha value is -3.10. The molecular formula is C28H38N4O5. The molecule has 1 aromatic carbocycles. The van der Waals surface area contributed by atoms with Crippen molar-refractivity contribution in [3.05, 3.63) is 34.2 Å². The van der Waals surface area contributed by atoms with Crippen LogP contribution in [0, 0.1) is 11.3 Å². The fourth-order valence-electron chi connectivity index (χ4n) is 6.58. The molecule has 200 valence electrons. The zero-order valence-corrected chi connectivity index (χ0v) is 22.3. The molecule has 9 nitrogen and oxygen atoms in total. The van der Waals surface area contributed by atoms with E-state index in [1.807, 2.05) is 37.8 Å². The maximum absolute atomic E-state index is 13.1. The highest BCUT2D eigenvalue weighted by Gasteiger charge is 2.46. The summed E-state index contributed by atoms with van der Waals surface area (Å²) >= 11 is 0. The Bertz CT molecular complexity index is 1280. The summed E-state index contributed by atoms with van der Waals surface area (Å²) in [4.78, 5) is 51.5. The van der Waals surface area contributed by atoms with Gasteiger partial charge in [-0.15, -0.1) is 0 Å². The molecule has 1 spiro atoms. The number of amides is 3. The summed E-state index contributed by atoms with van der Waals surface area (Å²) in [6, 6.07) is 5.25. The second-order valence-electron chi connectivity index (χ2n) is 12.2. The van der Waals surface area contributed by atoms with Crippen molar-refractivity contribution in [2.75, 3.05) is 13.1 Å². The molecular weight excluding hydrogens is 472 g/mol. The first-order valence-corrected chi connectivity index (χ1v) is 13.5. The van der Waals surface area contributed by atoms with E-state index in [4.69, 9.17) is 4.74 Å². The van der Waals surface area contributed by atoms with Gasteiger partial charge in [0.25, 0.3) is 0 Å². The molecule has 3 heterocycles. The van der Waals surface area contributed by atoms with Crippen LogP contribution in [0.4, 0.5) is 4.79 Å². The van der Waals surface area contributed by atoms with E-state index in [1.54, 1.807) is 16.2 Å². The van der Waals surface area contributed by atoms with E-state index in [0.29, 0.717) is 17.8 Å². The highest BCUT2D eigenvalue weighted by molar-refractivity contribution is 6.00. The first-order chi connectivity index (χ1) is 17.5. The van der Waals surface area contributed by atoms with E-state index in [2.05, 4.69) is 11.4 Å². The number of ether oxygens (including phenoxy) is 1. The van der Waals surface area contributed by atoms with Crippen LogP contribution in [0.15, 0.2) is 23.0 Å². The number of piperidine rings is 2. The second kappa shape index (κ2) is 9.33. The minimum Gasteiger partial charge on any atom is -0.444 e. The van der Waals surface area contributed by atoms with Crippen LogP contribution in [0.3, 0.4) is 0 Å². The lowest BCUT2D eigenvalue weighted by molar-refractivity contribution is -0.135. The topological polar surface area (TPSA) is 103 Å². The smallest absolute Gasteiger partial charge is 0.410 e. The molecule has 1 saturated carbocycles. The molecule has 1 aromatic heterocycles. The maximum Gasteiger partial charge on any atom is 0.410 e. The fraction of sp³-hybridized carbons (Fsp3) is 0.643. The van der Waals surface area contributed by atoms with Gasteiger partial charge in [0.15, 0.2) is 0 Å². The molecule has 2 saturated heterocycles. The Kier molecular flexibility index (Phi) is 6.44. The van der Waals surface area contributed by atoms with Gasteiger partial charge in [-0.05, 0) is 88.7 Å². The third kappa shape index (κ3) is 4.92. The predicted octanol–water partition coefficient (Wildman–Crippen LogP) is 3.68. The lowest BCUT2D eigenvalue weighted by Gasteiger charge is -2.52. The SMILES string of the molecule is Cn1c(=O)n(C2CCC(=O)NC2=O)c2cccc(CCC3CC4(CCN(C(=O)OC(C)(C)C)CC4)C3)c21. The molecule has 1 N–H and O–H groups in total. The van der Waals surface area contributed by atoms with Crippen LogP contribution in [-0.2, 0) is 27.8 Å². The monoisotopic (exact) mass is 510 g/mol. The molecule has 5 rings (SSSR count). The van der Waals surface area contributed by atoms with Gasteiger partial charge in [0.05, 0.1) is 11.0 Å². The number of aromatic nitrogens is 2. The Morgan fingerprint density at radius 2 is 1.84 bits per heavy atom. The number of aryl methyl sites for hydroxylation is 2. The molecule has 2 aliphatic heterocycles. The molecule has 1 atom stereocenters. The van der Waals surface area contributed by atoms with E-state index in [-0.39, 0.29) is 24.1 Å². The molecule has 0 bridgehead atoms. The van der Waals surface area contributed by atoms with Crippen molar-refractivity contribution in [2.45, 2.75) is 83.8 Å². The number of rotatable bonds is 4. The highest BCUT2D eigenvalue weighted by Crippen LogP contribution is 2.54. The van der Waals surface area contributed by atoms with E-state index in [0.717, 1.165) is 55.4 Å². The standard InChI is InChI=1S/C28H38N4O5/c1-27(2,3)37-26(36)31-14-12-28(13-15-31)16-18(17-28)8-9-19-6-5-7-20-23(19)30(4)25(35)32(20)21-10-11-22(33)29-24(21)34/h5-7,18,21H,8-17H2,1-4H3,(H,29,33,34). The number of imide groups is 1. The number of hydrogen-bond acceptors (Lipinski definition) is 5. The number of carbonyl (C=O) groups excluding carboxylic acids is 3. The van der Waals surface area contributed by atoms with Crippen LogP contribution in [-0.4, -0.2) is 50.6 Å². The molecule has 37 heavy (non-hydrogen) atoms. The van der Waals surface area contributed by atoms with Crippen molar-refractivity contribution in [1.82, 2.24) is 19.4 Å². The lowest BCUT2D eigenvalue weighted by atomic mass is 9.56. The Morgan fingerprint density at radius 1 is 1.14 bits per heavy atom. The van der Waals surface area contributed by atoms with Crippen molar-refractivity contribution in [3.63, 3.8) is 0 Å². The molecule has 2 aromatic rings. The molecule has 3 amide bonds. The average molecular weight is 511 g/mol. The van der Waals surface area contributed by atoms with Crippen molar-refractivity contribution < 1.29 is 19.1 Å². The third-order valence-corrected chi connectivity index (χ3v) is 8.45. The van der Waals surface area contributed by atoms with Gasteiger partial charge >= 0.3 is 11.8 Å². The first-order valence-electron chi connectivity index (χ1n) is 13.5. The number of nitrogens with zero attached hydrogens (tertiary/aromatic N) is 3. The molecule has 9 heteroatoms. The minimum atomic E-state index is -0.665. The maximum atomic E-state index is 13.1. The van der Waals surface area contributed by atoms with Gasteiger partial charge in [0.1, 0.15) is 11.6 Å². The molecule has 3 fully saturated rings. The number of nitrogens with one attached hydrogen (secondary N) is 1. The number of likely N-dealkylation sites (tertiary alicyclic amines) is 1. The summed E-state index contributed by atoms with van der Waals surface area (Å²) in [6.07, 6.45) is 6.71. The van der Waals surface area contributed by atoms with Crippen LogP contribution >= 0.6 is 0 Å². The molecule has 3 aliphatic rings. The first kappa shape index (κ1) is 25.5. The normalized spacial score (nSPS) is 22.3. The predicted molar refractivity (Wildman–Crippen MR) is 139 cm³/mol. The number of carbonyl (C=O) groups is 3. The largest absolute Gasteiger partial charge is 0.444 e. The summed E-state index contributed by atoms with van der Waals surface area (Å²) in [5.74, 6) is -0.0599. The second-order valence-corrected chi connectivity index (χ2v) is 12.2. The number of para-hydroxylation sites is 1. The Balaban J connectivity index is 1.22. The Labute approximate surface area is 217 Å². The summed E-state index contributed by atoms with van der Waals surface area (Å²) in [6.45, 7) is 7.22. The van der Waals surface area contributed by atoms with Crippen LogP contribution in [0.1, 0.15) is 77.3 Å². The van der Waals surface area contributed by atoms with Gasteiger partial charge < -0.3 is 9.64 Å². The summed E-state index contributed by atoms with van der Waals surface area (Å²) in [7, 11) is 1.76. The van der Waals surface area contributed by atoms with Gasteiger partial charge in [-0.25, -0.2) is 9.59 Å². The quantitative estimate of drug-likeness (QED) is 0.632. The Morgan fingerprint density at radius 3 is 2.49 bits per heavy atom. The molecule has 1 unspecified atom stereocenters. The summed E-state index contributed by atoms with van der Waals surface area (Å²) < 4.78 is 8.73. The minimum absolute atomic E-state index is 0.207. The van der Waals surface area contributed by atoms with Crippen molar-refractivity contribution in [3.8, 4) is 0 Å². The number of imidazole rings is 1. The van der Waals surface area contributed by atoms with E-state index < -0.39 is 17.6 Å². The third-order valence-electron chi connectivity index (χ3n) is 8.45. The summed E-state index contributed by atoms with van der Waals surface area (Å²) in [5, 5.41) is 2.37. The van der Waals surface area contributed by atoms with E-state index in [1.165, 1.54) is 12.8 Å². The van der Waals surface area contributed by atoms with Gasteiger partial charge in [-0.2, -0.15) is 0 Å². The average Bonchev–Trinajstić information content (AvgIpc) is 3.06. The van der Waals surface area contributed by atoms with Crippen LogP contribution < -0.4 is 11.0 Å².